The number of imide groups is 2. The van der Waals surface area contributed by atoms with Gasteiger partial charge in [-0.2, -0.15) is 0 Å². The van der Waals surface area contributed by atoms with Gasteiger partial charge in [-0.3, -0.25) is 34.2 Å². The van der Waals surface area contributed by atoms with Gasteiger partial charge in [-0.1, -0.05) is 6.07 Å². The van der Waals surface area contributed by atoms with Gasteiger partial charge in [0.25, 0.3) is 11.8 Å². The van der Waals surface area contributed by atoms with Crippen molar-refractivity contribution in [2.24, 2.45) is 0 Å². The van der Waals surface area contributed by atoms with Crippen LogP contribution in [0, 0.1) is 0 Å². The van der Waals surface area contributed by atoms with Gasteiger partial charge >= 0.3 is 5.97 Å². The van der Waals surface area contributed by atoms with E-state index in [1.165, 1.54) is 0 Å². The molecule has 0 aliphatic carbocycles. The molecule has 0 aromatic heterocycles. The van der Waals surface area contributed by atoms with E-state index in [0.717, 1.165) is 4.90 Å². The number of piperidine rings is 1. The van der Waals surface area contributed by atoms with Crippen LogP contribution in [0.25, 0.3) is 0 Å². The van der Waals surface area contributed by atoms with E-state index in [0.29, 0.717) is 84.9 Å². The lowest BCUT2D eigenvalue weighted by Gasteiger charge is -2.27. The monoisotopic (exact) mass is 593 g/mol. The molecular formula is C28H39N3O11. The molecule has 1 fully saturated rings. The molecule has 1 atom stereocenters. The number of hydrogen-bond acceptors (Lipinski definition) is 12. The Morgan fingerprint density at radius 3 is 2.05 bits per heavy atom. The Balaban J connectivity index is 1.19. The van der Waals surface area contributed by atoms with Gasteiger partial charge in [0.2, 0.25) is 11.8 Å². The Bertz CT molecular complexity index is 1080. The molecule has 2 aliphatic heterocycles. The molecule has 2 heterocycles. The molecule has 1 aromatic rings. The molecule has 1 saturated heterocycles. The highest BCUT2D eigenvalue weighted by Crippen LogP contribution is 2.32. The third-order valence-electron chi connectivity index (χ3n) is 6.27. The van der Waals surface area contributed by atoms with E-state index in [1.807, 2.05) is 0 Å². The fourth-order valence-electron chi connectivity index (χ4n) is 4.29. The number of nitrogens with zero attached hydrogens (tertiary/aromatic N) is 1. The summed E-state index contributed by atoms with van der Waals surface area (Å²) in [4.78, 5) is 61.8. The van der Waals surface area contributed by atoms with Crippen molar-refractivity contribution in [1.82, 2.24) is 10.2 Å². The third kappa shape index (κ3) is 10.1. The van der Waals surface area contributed by atoms with Crippen LogP contribution in [0.2, 0.25) is 0 Å². The fraction of sp³-hybridized carbons (Fsp3) is 0.607. The van der Waals surface area contributed by atoms with Gasteiger partial charge in [0, 0.05) is 18.7 Å². The maximum atomic E-state index is 13.1. The van der Waals surface area contributed by atoms with Crippen LogP contribution in [0.4, 0.5) is 5.69 Å². The van der Waals surface area contributed by atoms with Gasteiger partial charge < -0.3 is 33.7 Å². The predicted molar refractivity (Wildman–Crippen MR) is 147 cm³/mol. The Morgan fingerprint density at radius 2 is 1.45 bits per heavy atom. The van der Waals surface area contributed by atoms with Crippen LogP contribution < -0.4 is 10.6 Å². The fourth-order valence-corrected chi connectivity index (χ4v) is 4.29. The van der Waals surface area contributed by atoms with Crippen molar-refractivity contribution < 1.29 is 52.4 Å². The summed E-state index contributed by atoms with van der Waals surface area (Å²) >= 11 is 0. The number of hydrogen-bond donors (Lipinski definition) is 2. The number of benzene rings is 1. The van der Waals surface area contributed by atoms with Crippen molar-refractivity contribution in [2.75, 3.05) is 84.5 Å². The van der Waals surface area contributed by atoms with E-state index in [4.69, 9.17) is 28.4 Å². The van der Waals surface area contributed by atoms with Gasteiger partial charge in [-0.05, 0) is 25.5 Å². The average Bonchev–Trinajstić information content (AvgIpc) is 3.22. The summed E-state index contributed by atoms with van der Waals surface area (Å²) in [5, 5.41) is 5.31. The minimum atomic E-state index is -1.01. The Kier molecular flexibility index (Phi) is 14.3. The second-order valence-corrected chi connectivity index (χ2v) is 9.22. The molecule has 14 nitrogen and oxygen atoms in total. The highest BCUT2D eigenvalue weighted by Gasteiger charge is 2.45. The van der Waals surface area contributed by atoms with Crippen molar-refractivity contribution in [3.05, 3.63) is 29.3 Å². The zero-order valence-corrected chi connectivity index (χ0v) is 23.9. The van der Waals surface area contributed by atoms with E-state index < -0.39 is 29.7 Å². The number of anilines is 1. The summed E-state index contributed by atoms with van der Waals surface area (Å²) in [6.07, 6.45) is 0.401. The van der Waals surface area contributed by atoms with Gasteiger partial charge in [-0.15, -0.1) is 0 Å². The summed E-state index contributed by atoms with van der Waals surface area (Å²) in [7, 11) is 0. The largest absolute Gasteiger partial charge is 0.466 e. The Labute approximate surface area is 244 Å². The number of esters is 1. The zero-order valence-electron chi connectivity index (χ0n) is 23.9. The number of carbonyl (C=O) groups is 5. The van der Waals surface area contributed by atoms with E-state index in [1.54, 1.807) is 25.1 Å². The van der Waals surface area contributed by atoms with Gasteiger partial charge in [0.15, 0.2) is 0 Å². The predicted octanol–water partition coefficient (Wildman–Crippen LogP) is 0.536. The topological polar surface area (TPSA) is 168 Å². The van der Waals surface area contributed by atoms with Crippen LogP contribution in [0.1, 0.15) is 46.9 Å². The second kappa shape index (κ2) is 18.2. The molecule has 232 valence electrons. The SMILES string of the molecule is CCOC(=O)CCOCCOCCOCCOCCOCCNc1cccc2c1C(=O)N(C1CCC(=O)NC1=O)C2=O. The molecule has 0 radical (unpaired) electrons. The molecule has 0 bridgehead atoms. The Hall–Kier alpha value is -3.43. The molecule has 3 rings (SSSR count). The quantitative estimate of drug-likeness (QED) is 0.115. The molecule has 1 unspecified atom stereocenters. The maximum Gasteiger partial charge on any atom is 0.308 e. The van der Waals surface area contributed by atoms with Crippen molar-refractivity contribution in [1.29, 1.82) is 0 Å². The number of nitrogens with one attached hydrogen (secondary N) is 2. The second-order valence-electron chi connectivity index (χ2n) is 9.22. The van der Waals surface area contributed by atoms with Gasteiger partial charge in [0.05, 0.1) is 90.2 Å². The van der Waals surface area contributed by atoms with E-state index in [9.17, 15) is 24.0 Å². The van der Waals surface area contributed by atoms with Crippen molar-refractivity contribution in [3.63, 3.8) is 0 Å². The smallest absolute Gasteiger partial charge is 0.308 e. The third-order valence-corrected chi connectivity index (χ3v) is 6.27. The van der Waals surface area contributed by atoms with Crippen molar-refractivity contribution in [2.45, 2.75) is 32.2 Å². The first-order chi connectivity index (χ1) is 20.4. The minimum Gasteiger partial charge on any atom is -0.466 e. The van der Waals surface area contributed by atoms with Crippen LogP contribution in [0.5, 0.6) is 0 Å². The lowest BCUT2D eigenvalue weighted by atomic mass is 10.0. The first-order valence-corrected chi connectivity index (χ1v) is 14.1. The summed E-state index contributed by atoms with van der Waals surface area (Å²) < 4.78 is 31.9. The van der Waals surface area contributed by atoms with Crippen molar-refractivity contribution >= 4 is 35.3 Å². The van der Waals surface area contributed by atoms with E-state index >= 15 is 0 Å². The standard InChI is InChI=1S/C28H39N3O11/c1-2-42-24(33)8-10-37-12-14-39-16-18-41-19-17-40-15-13-38-11-9-29-21-5-3-4-20-25(21)28(36)31(27(20)35)22-6-7-23(32)30-26(22)34/h3-5,22,29H,2,6-19H2,1H3,(H,30,32,34). The van der Waals surface area contributed by atoms with E-state index in [2.05, 4.69) is 10.6 Å². The zero-order chi connectivity index (χ0) is 30.2. The summed E-state index contributed by atoms with van der Waals surface area (Å²) in [6.45, 7) is 6.41. The molecule has 2 aliphatic rings. The molecule has 0 saturated carbocycles. The highest BCUT2D eigenvalue weighted by atomic mass is 16.6. The lowest BCUT2D eigenvalue weighted by molar-refractivity contribution is -0.144. The van der Waals surface area contributed by atoms with Gasteiger partial charge in [0.1, 0.15) is 6.04 Å². The number of ether oxygens (including phenoxy) is 6. The molecule has 42 heavy (non-hydrogen) atoms. The molecule has 2 N–H and O–H groups in total. The number of carbonyl (C=O) groups excluding carboxylic acids is 5. The van der Waals surface area contributed by atoms with Crippen LogP contribution >= 0.6 is 0 Å². The summed E-state index contributed by atoms with van der Waals surface area (Å²) in [5.74, 6) is -2.45. The van der Waals surface area contributed by atoms with E-state index in [-0.39, 0.29) is 36.4 Å². The molecular weight excluding hydrogens is 554 g/mol. The van der Waals surface area contributed by atoms with Crippen LogP contribution in [0.15, 0.2) is 18.2 Å². The average molecular weight is 594 g/mol. The highest BCUT2D eigenvalue weighted by molar-refractivity contribution is 6.25. The minimum absolute atomic E-state index is 0.0664. The van der Waals surface area contributed by atoms with Crippen LogP contribution in [0.3, 0.4) is 0 Å². The molecule has 0 spiro atoms. The van der Waals surface area contributed by atoms with Crippen LogP contribution in [-0.4, -0.2) is 120 Å². The van der Waals surface area contributed by atoms with Crippen LogP contribution in [-0.2, 0) is 42.8 Å². The number of amides is 4. The van der Waals surface area contributed by atoms with Gasteiger partial charge in [-0.25, -0.2) is 0 Å². The maximum absolute atomic E-state index is 13.1. The summed E-state index contributed by atoms with van der Waals surface area (Å²) in [6, 6.07) is 3.89. The summed E-state index contributed by atoms with van der Waals surface area (Å²) in [5.41, 5.74) is 0.901. The lowest BCUT2D eigenvalue weighted by Crippen LogP contribution is -2.54. The molecule has 14 heteroatoms. The number of rotatable bonds is 21. The first-order valence-electron chi connectivity index (χ1n) is 14.1. The molecule has 4 amide bonds. The Morgan fingerprint density at radius 1 is 0.857 bits per heavy atom. The number of fused-ring (bicyclic) bond motifs is 1. The normalized spacial score (nSPS) is 16.5. The molecule has 1 aromatic carbocycles. The van der Waals surface area contributed by atoms with Crippen molar-refractivity contribution in [3.8, 4) is 0 Å². The first kappa shape index (κ1) is 33.1.